The molecule has 1 aromatic carbocycles. The number of amides is 1. The van der Waals surface area contributed by atoms with Crippen LogP contribution in [-0.2, 0) is 19.2 Å². The highest BCUT2D eigenvalue weighted by Crippen LogP contribution is 2.46. The Morgan fingerprint density at radius 1 is 1.11 bits per heavy atom. The second-order valence-corrected chi connectivity index (χ2v) is 7.20. The molecule has 1 spiro atoms. The van der Waals surface area contributed by atoms with Gasteiger partial charge in [-0.3, -0.25) is 4.79 Å². The van der Waals surface area contributed by atoms with Crippen LogP contribution < -0.4 is 0 Å². The number of methoxy groups -OCH3 is 1. The number of hydrogen-bond acceptors (Lipinski definition) is 6. The van der Waals surface area contributed by atoms with Crippen molar-refractivity contribution >= 4 is 11.5 Å². The molecule has 0 unspecified atom stereocenters. The van der Waals surface area contributed by atoms with E-state index in [-0.39, 0.29) is 18.5 Å². The second kappa shape index (κ2) is 7.59. The maximum absolute atomic E-state index is 13.3. The van der Waals surface area contributed by atoms with Gasteiger partial charge >= 0.3 is 0 Å². The number of aliphatic hydroxyl groups is 1. The molecule has 148 valence electrons. The summed E-state index contributed by atoms with van der Waals surface area (Å²) in [5.41, 5.74) is 3.23. The molecule has 3 rings (SSSR count). The fourth-order valence-electron chi connectivity index (χ4n) is 4.05. The fourth-order valence-corrected chi connectivity index (χ4v) is 4.05. The van der Waals surface area contributed by atoms with Crippen molar-refractivity contribution in [3.63, 3.8) is 0 Å². The van der Waals surface area contributed by atoms with Crippen LogP contribution in [0.2, 0.25) is 0 Å². The van der Waals surface area contributed by atoms with E-state index in [0.717, 1.165) is 22.3 Å². The molecule has 27 heavy (non-hydrogen) atoms. The maximum atomic E-state index is 13.3. The highest BCUT2D eigenvalue weighted by atomic mass is 16.8. The van der Waals surface area contributed by atoms with Gasteiger partial charge in [-0.15, -0.1) is 0 Å². The Morgan fingerprint density at radius 3 is 2.33 bits per heavy atom. The van der Waals surface area contributed by atoms with Crippen molar-refractivity contribution in [1.82, 2.24) is 10.1 Å². The van der Waals surface area contributed by atoms with Crippen molar-refractivity contribution in [2.75, 3.05) is 34.1 Å². The highest BCUT2D eigenvalue weighted by molar-refractivity contribution is 6.23. The van der Waals surface area contributed by atoms with Crippen molar-refractivity contribution in [2.24, 2.45) is 0 Å². The first kappa shape index (κ1) is 19.8. The SMILES string of the molecule is COCON1C(=O)C(c2c(C)ccc(C)c2C)=C(O)C12CCN(OC)CC2. The summed E-state index contributed by atoms with van der Waals surface area (Å²) >= 11 is 0. The van der Waals surface area contributed by atoms with Gasteiger partial charge in [-0.1, -0.05) is 12.1 Å². The standard InChI is InChI=1S/C20H28N2O5/c1-13-6-7-14(2)16(15(13)3)17-18(23)20(8-10-21(26-5)11-9-20)22(19(17)24)27-12-25-4/h6-7,23H,8-12H2,1-5H3. The number of aliphatic hydroxyl groups excluding tert-OH is 1. The first-order chi connectivity index (χ1) is 12.9. The van der Waals surface area contributed by atoms with Crippen molar-refractivity contribution in [3.8, 4) is 0 Å². The normalized spacial score (nSPS) is 20.2. The van der Waals surface area contributed by atoms with Crippen LogP contribution in [0.3, 0.4) is 0 Å². The van der Waals surface area contributed by atoms with Crippen LogP contribution in [0.4, 0.5) is 0 Å². The lowest BCUT2D eigenvalue weighted by Crippen LogP contribution is -2.55. The molecule has 2 heterocycles. The average Bonchev–Trinajstić information content (AvgIpc) is 2.86. The molecule has 0 bridgehead atoms. The first-order valence-corrected chi connectivity index (χ1v) is 9.13. The predicted molar refractivity (Wildman–Crippen MR) is 101 cm³/mol. The lowest BCUT2D eigenvalue weighted by Gasteiger charge is -2.42. The summed E-state index contributed by atoms with van der Waals surface area (Å²) in [6.07, 6.45) is 1.02. The Morgan fingerprint density at radius 2 is 1.74 bits per heavy atom. The molecule has 2 aliphatic rings. The van der Waals surface area contributed by atoms with Crippen molar-refractivity contribution < 1.29 is 24.3 Å². The van der Waals surface area contributed by atoms with Gasteiger partial charge in [-0.05, 0) is 55.9 Å². The van der Waals surface area contributed by atoms with Crippen LogP contribution in [0.5, 0.6) is 0 Å². The van der Waals surface area contributed by atoms with Gasteiger partial charge in [0.15, 0.2) is 6.79 Å². The van der Waals surface area contributed by atoms with E-state index in [2.05, 4.69) is 0 Å². The van der Waals surface area contributed by atoms with Crippen molar-refractivity contribution in [2.45, 2.75) is 39.2 Å². The fraction of sp³-hybridized carbons (Fsp3) is 0.550. The molecule has 7 heteroatoms. The largest absolute Gasteiger partial charge is 0.509 e. The molecular formula is C20H28N2O5. The minimum atomic E-state index is -0.900. The molecule has 1 N–H and O–H groups in total. The van der Waals surface area contributed by atoms with Crippen LogP contribution in [0.1, 0.15) is 35.1 Å². The Labute approximate surface area is 160 Å². The number of carbonyl (C=O) groups excluding carboxylic acids is 1. The third-order valence-electron chi connectivity index (χ3n) is 5.77. The van der Waals surface area contributed by atoms with Gasteiger partial charge in [0.05, 0.1) is 12.7 Å². The summed E-state index contributed by atoms with van der Waals surface area (Å²) in [4.78, 5) is 24.3. The third kappa shape index (κ3) is 3.14. The zero-order valence-electron chi connectivity index (χ0n) is 16.7. The topological polar surface area (TPSA) is 71.5 Å². The van der Waals surface area contributed by atoms with E-state index >= 15 is 0 Å². The summed E-state index contributed by atoms with van der Waals surface area (Å²) in [5.74, 6) is -0.247. The quantitative estimate of drug-likeness (QED) is 0.797. The molecule has 0 atom stereocenters. The van der Waals surface area contributed by atoms with E-state index in [9.17, 15) is 9.90 Å². The molecule has 0 radical (unpaired) electrons. The Balaban J connectivity index is 2.11. The van der Waals surface area contributed by atoms with Crippen LogP contribution in [-0.4, -0.2) is 60.8 Å². The minimum absolute atomic E-state index is 0.0617. The number of ether oxygens (including phenoxy) is 1. The number of benzene rings is 1. The van der Waals surface area contributed by atoms with Gasteiger partial charge in [0.1, 0.15) is 11.3 Å². The summed E-state index contributed by atoms with van der Waals surface area (Å²) in [6.45, 7) is 7.03. The smallest absolute Gasteiger partial charge is 0.282 e. The Hall–Kier alpha value is -1.93. The Kier molecular flexibility index (Phi) is 5.58. The third-order valence-corrected chi connectivity index (χ3v) is 5.77. The number of hydroxylamine groups is 4. The van der Waals surface area contributed by atoms with Crippen LogP contribution in [0.25, 0.3) is 5.57 Å². The second-order valence-electron chi connectivity index (χ2n) is 7.20. The zero-order chi connectivity index (χ0) is 19.8. The maximum Gasteiger partial charge on any atom is 0.282 e. The van der Waals surface area contributed by atoms with Crippen molar-refractivity contribution in [3.05, 3.63) is 40.1 Å². The predicted octanol–water partition coefficient (Wildman–Crippen LogP) is 2.65. The summed E-state index contributed by atoms with van der Waals surface area (Å²) in [5, 5.41) is 14.4. The molecule has 0 aliphatic carbocycles. The molecule has 2 aliphatic heterocycles. The van der Waals surface area contributed by atoms with Gasteiger partial charge < -0.3 is 14.7 Å². The summed E-state index contributed by atoms with van der Waals surface area (Å²) in [7, 11) is 3.13. The van der Waals surface area contributed by atoms with Crippen LogP contribution in [0.15, 0.2) is 17.9 Å². The van der Waals surface area contributed by atoms with E-state index in [4.69, 9.17) is 14.4 Å². The molecule has 0 aromatic heterocycles. The van der Waals surface area contributed by atoms with Gasteiger partial charge in [0.25, 0.3) is 5.91 Å². The first-order valence-electron chi connectivity index (χ1n) is 9.13. The van der Waals surface area contributed by atoms with E-state index in [1.165, 1.54) is 12.2 Å². The van der Waals surface area contributed by atoms with Crippen molar-refractivity contribution in [1.29, 1.82) is 0 Å². The lowest BCUT2D eigenvalue weighted by atomic mass is 9.84. The van der Waals surface area contributed by atoms with E-state index in [1.54, 1.807) is 7.11 Å². The molecule has 1 amide bonds. The minimum Gasteiger partial charge on any atom is -0.509 e. The molecule has 0 saturated carbocycles. The average molecular weight is 376 g/mol. The molecule has 1 aromatic rings. The van der Waals surface area contributed by atoms with Gasteiger partial charge in [-0.25, -0.2) is 9.90 Å². The lowest BCUT2D eigenvalue weighted by molar-refractivity contribution is -0.259. The number of aryl methyl sites for hydroxylation is 2. The summed E-state index contributed by atoms with van der Waals surface area (Å²) in [6, 6.07) is 4.00. The monoisotopic (exact) mass is 376 g/mol. The number of hydrogen-bond donors (Lipinski definition) is 1. The molecule has 1 saturated heterocycles. The number of rotatable bonds is 5. The van der Waals surface area contributed by atoms with Gasteiger partial charge in [-0.2, -0.15) is 5.06 Å². The van der Waals surface area contributed by atoms with E-state index in [1.807, 2.05) is 38.0 Å². The molecule has 1 fully saturated rings. The van der Waals surface area contributed by atoms with Crippen LogP contribution >= 0.6 is 0 Å². The Bertz CT molecular complexity index is 766. The number of carbonyl (C=O) groups is 1. The summed E-state index contributed by atoms with van der Waals surface area (Å²) < 4.78 is 5.02. The highest BCUT2D eigenvalue weighted by Gasteiger charge is 2.55. The molecular weight excluding hydrogens is 348 g/mol. The van der Waals surface area contributed by atoms with E-state index in [0.29, 0.717) is 31.5 Å². The zero-order valence-corrected chi connectivity index (χ0v) is 16.7. The van der Waals surface area contributed by atoms with E-state index < -0.39 is 5.54 Å². The van der Waals surface area contributed by atoms with Crippen LogP contribution in [0, 0.1) is 20.8 Å². The number of nitrogens with zero attached hydrogens (tertiary/aromatic N) is 2. The molecule has 7 nitrogen and oxygen atoms in total. The van der Waals surface area contributed by atoms with Gasteiger partial charge in [0.2, 0.25) is 0 Å². The number of piperidine rings is 1. The van der Waals surface area contributed by atoms with Gasteiger partial charge in [0, 0.05) is 20.2 Å².